The molecule has 17 heavy (non-hydrogen) atoms. The summed E-state index contributed by atoms with van der Waals surface area (Å²) in [5, 5.41) is 9.39. The first kappa shape index (κ1) is 12.7. The Morgan fingerprint density at radius 1 is 1.35 bits per heavy atom. The van der Waals surface area contributed by atoms with Crippen LogP contribution in [-0.4, -0.2) is 24.3 Å². The van der Waals surface area contributed by atoms with E-state index in [9.17, 15) is 18.3 Å². The van der Waals surface area contributed by atoms with Crippen LogP contribution >= 0.6 is 15.9 Å². The van der Waals surface area contributed by atoms with Crippen LogP contribution in [0, 0.1) is 0 Å². The monoisotopic (exact) mass is 309 g/mol. The van der Waals surface area contributed by atoms with Gasteiger partial charge in [-0.2, -0.15) is 13.2 Å². The molecule has 1 atom stereocenters. The number of aliphatic hydroxyl groups excluding tert-OH is 1. The van der Waals surface area contributed by atoms with E-state index in [1.165, 1.54) is 12.1 Å². The van der Waals surface area contributed by atoms with Gasteiger partial charge in [-0.3, -0.25) is 0 Å². The molecule has 1 aliphatic rings. The first-order chi connectivity index (χ1) is 7.88. The summed E-state index contributed by atoms with van der Waals surface area (Å²) < 4.78 is 39.1. The van der Waals surface area contributed by atoms with E-state index in [0.717, 1.165) is 6.07 Å². The smallest absolute Gasteiger partial charge is 0.391 e. The third-order valence-corrected chi connectivity index (χ3v) is 3.26. The molecule has 1 N–H and O–H groups in total. The van der Waals surface area contributed by atoms with E-state index in [1.807, 2.05) is 0 Å². The van der Waals surface area contributed by atoms with Crippen molar-refractivity contribution in [3.63, 3.8) is 0 Å². The quantitative estimate of drug-likeness (QED) is 0.862. The van der Waals surface area contributed by atoms with Crippen LogP contribution in [0.15, 0.2) is 22.7 Å². The number of halogens is 4. The number of hydrogen-bond donors (Lipinski definition) is 1. The zero-order valence-electron chi connectivity index (χ0n) is 8.84. The molecular formula is C11H11BrF3NO. The van der Waals surface area contributed by atoms with Crippen molar-refractivity contribution < 1.29 is 18.3 Å². The first-order valence-corrected chi connectivity index (χ1v) is 5.97. The molecule has 1 aromatic carbocycles. The molecule has 1 fully saturated rings. The number of hydrogen-bond acceptors (Lipinski definition) is 2. The van der Waals surface area contributed by atoms with Crippen molar-refractivity contribution in [2.75, 3.05) is 18.0 Å². The van der Waals surface area contributed by atoms with Crippen molar-refractivity contribution in [3.05, 3.63) is 28.2 Å². The fourth-order valence-corrected chi connectivity index (χ4v) is 2.32. The van der Waals surface area contributed by atoms with Crippen molar-refractivity contribution in [1.29, 1.82) is 0 Å². The maximum absolute atomic E-state index is 12.8. The maximum Gasteiger partial charge on any atom is 0.418 e. The second-order valence-corrected chi connectivity index (χ2v) is 4.96. The molecule has 0 radical (unpaired) electrons. The normalized spacial score (nSPS) is 21.0. The highest BCUT2D eigenvalue weighted by Gasteiger charge is 2.36. The molecule has 2 rings (SSSR count). The van der Waals surface area contributed by atoms with Gasteiger partial charge >= 0.3 is 6.18 Å². The van der Waals surface area contributed by atoms with Crippen LogP contribution in [0.2, 0.25) is 0 Å². The van der Waals surface area contributed by atoms with Crippen LogP contribution in [0.4, 0.5) is 18.9 Å². The molecule has 1 aliphatic heterocycles. The van der Waals surface area contributed by atoms with E-state index < -0.39 is 17.8 Å². The summed E-state index contributed by atoms with van der Waals surface area (Å²) in [5.74, 6) is 0. The molecule has 6 heteroatoms. The molecule has 1 unspecified atom stereocenters. The highest BCUT2D eigenvalue weighted by Crippen LogP contribution is 2.39. The summed E-state index contributed by atoms with van der Waals surface area (Å²) in [6.45, 7) is 0.695. The molecule has 2 nitrogen and oxygen atoms in total. The van der Waals surface area contributed by atoms with Gasteiger partial charge in [-0.05, 0) is 24.6 Å². The summed E-state index contributed by atoms with van der Waals surface area (Å²) in [5.41, 5.74) is -0.529. The number of anilines is 1. The summed E-state index contributed by atoms with van der Waals surface area (Å²) in [7, 11) is 0. The lowest BCUT2D eigenvalue weighted by atomic mass is 10.1. The van der Waals surface area contributed by atoms with Crippen molar-refractivity contribution in [3.8, 4) is 0 Å². The van der Waals surface area contributed by atoms with Gasteiger partial charge in [-0.1, -0.05) is 15.9 Å². The molecule has 94 valence electrons. The van der Waals surface area contributed by atoms with E-state index in [2.05, 4.69) is 15.9 Å². The summed E-state index contributed by atoms with van der Waals surface area (Å²) in [6, 6.07) is 3.88. The van der Waals surface area contributed by atoms with E-state index in [4.69, 9.17) is 0 Å². The molecule has 1 saturated heterocycles. The van der Waals surface area contributed by atoms with Crippen molar-refractivity contribution in [1.82, 2.24) is 0 Å². The van der Waals surface area contributed by atoms with Crippen LogP contribution < -0.4 is 4.90 Å². The SMILES string of the molecule is OC1CCN(c2cc(Br)ccc2C(F)(F)F)C1. The Balaban J connectivity index is 2.40. The lowest BCUT2D eigenvalue weighted by molar-refractivity contribution is -0.137. The molecule has 0 spiro atoms. The molecule has 0 aliphatic carbocycles. The predicted octanol–water partition coefficient (Wildman–Crippen LogP) is 3.04. The lowest BCUT2D eigenvalue weighted by Gasteiger charge is -2.23. The topological polar surface area (TPSA) is 23.5 Å². The van der Waals surface area contributed by atoms with E-state index in [0.29, 0.717) is 17.4 Å². The predicted molar refractivity (Wildman–Crippen MR) is 62.0 cm³/mol. The number of benzene rings is 1. The van der Waals surface area contributed by atoms with Crippen LogP contribution in [0.3, 0.4) is 0 Å². The summed E-state index contributed by atoms with van der Waals surface area (Å²) in [6.07, 6.45) is -4.41. The Hall–Kier alpha value is -0.750. The Kier molecular flexibility index (Phi) is 3.36. The average Bonchev–Trinajstić information content (AvgIpc) is 2.62. The number of alkyl halides is 3. The standard InChI is InChI=1S/C11H11BrF3NO/c12-7-1-2-9(11(13,14)15)10(5-7)16-4-3-8(17)6-16/h1-2,5,8,17H,3-4,6H2. The number of β-amino-alcohol motifs (C(OH)–C–C–N with tert-alkyl or cyclic N) is 1. The minimum absolute atomic E-state index is 0.128. The van der Waals surface area contributed by atoms with Crippen LogP contribution in [-0.2, 0) is 6.18 Å². The molecule has 1 heterocycles. The second kappa shape index (κ2) is 4.49. The Bertz CT molecular complexity index is 422. The van der Waals surface area contributed by atoms with E-state index in [-0.39, 0.29) is 12.2 Å². The fraction of sp³-hybridized carbons (Fsp3) is 0.455. The lowest BCUT2D eigenvalue weighted by Crippen LogP contribution is -2.24. The number of aliphatic hydroxyl groups is 1. The van der Waals surface area contributed by atoms with Gasteiger partial charge in [0, 0.05) is 17.6 Å². The van der Waals surface area contributed by atoms with Crippen LogP contribution in [0.5, 0.6) is 0 Å². The third kappa shape index (κ3) is 2.74. The number of rotatable bonds is 1. The fourth-order valence-electron chi connectivity index (χ4n) is 1.97. The van der Waals surface area contributed by atoms with Gasteiger partial charge in [-0.25, -0.2) is 0 Å². The first-order valence-electron chi connectivity index (χ1n) is 5.17. The Morgan fingerprint density at radius 2 is 2.06 bits per heavy atom. The summed E-state index contributed by atoms with van der Waals surface area (Å²) in [4.78, 5) is 1.57. The zero-order valence-corrected chi connectivity index (χ0v) is 10.4. The molecule has 0 amide bonds. The van der Waals surface area contributed by atoms with Crippen molar-refractivity contribution >= 4 is 21.6 Å². The highest BCUT2D eigenvalue weighted by molar-refractivity contribution is 9.10. The van der Waals surface area contributed by atoms with Crippen LogP contribution in [0.25, 0.3) is 0 Å². The molecule has 0 saturated carbocycles. The minimum Gasteiger partial charge on any atom is -0.391 e. The van der Waals surface area contributed by atoms with Crippen molar-refractivity contribution in [2.45, 2.75) is 18.7 Å². The highest BCUT2D eigenvalue weighted by atomic mass is 79.9. The Morgan fingerprint density at radius 3 is 2.59 bits per heavy atom. The number of nitrogens with zero attached hydrogens (tertiary/aromatic N) is 1. The van der Waals surface area contributed by atoms with Gasteiger partial charge in [0.05, 0.1) is 17.4 Å². The van der Waals surface area contributed by atoms with Gasteiger partial charge in [0.1, 0.15) is 0 Å². The van der Waals surface area contributed by atoms with Crippen molar-refractivity contribution in [2.24, 2.45) is 0 Å². The molecule has 0 bridgehead atoms. The zero-order chi connectivity index (χ0) is 12.6. The van der Waals surface area contributed by atoms with E-state index >= 15 is 0 Å². The average molecular weight is 310 g/mol. The second-order valence-electron chi connectivity index (χ2n) is 4.05. The third-order valence-electron chi connectivity index (χ3n) is 2.77. The molecular weight excluding hydrogens is 299 g/mol. The van der Waals surface area contributed by atoms with Gasteiger partial charge < -0.3 is 10.0 Å². The van der Waals surface area contributed by atoms with Gasteiger partial charge in [-0.15, -0.1) is 0 Å². The summed E-state index contributed by atoms with van der Waals surface area (Å²) >= 11 is 3.17. The Labute approximate surface area is 105 Å². The van der Waals surface area contributed by atoms with Gasteiger partial charge in [0.2, 0.25) is 0 Å². The van der Waals surface area contributed by atoms with E-state index in [1.54, 1.807) is 4.90 Å². The molecule has 1 aromatic rings. The maximum atomic E-state index is 12.8. The van der Waals surface area contributed by atoms with Gasteiger partial charge in [0.15, 0.2) is 0 Å². The van der Waals surface area contributed by atoms with Crippen LogP contribution in [0.1, 0.15) is 12.0 Å². The largest absolute Gasteiger partial charge is 0.418 e. The molecule has 0 aromatic heterocycles. The van der Waals surface area contributed by atoms with Gasteiger partial charge in [0.25, 0.3) is 0 Å². The minimum atomic E-state index is -4.37.